The molecule has 5 nitrogen and oxygen atoms in total. The Labute approximate surface area is 122 Å². The van der Waals surface area contributed by atoms with E-state index in [1.165, 1.54) is 12.1 Å². The number of benzene rings is 1. The zero-order chi connectivity index (χ0) is 15.3. The number of carbonyl (C=O) groups excluding carboxylic acids is 2. The Morgan fingerprint density at radius 3 is 2.67 bits per heavy atom. The molecule has 0 saturated heterocycles. The van der Waals surface area contributed by atoms with Gasteiger partial charge in [-0.05, 0) is 30.5 Å². The van der Waals surface area contributed by atoms with Gasteiger partial charge in [0.05, 0.1) is 12.0 Å². The average Bonchev–Trinajstić information content (AvgIpc) is 2.94. The average molecular weight is 294 g/mol. The molecule has 0 atom stereocenters. The van der Waals surface area contributed by atoms with Gasteiger partial charge in [0, 0.05) is 0 Å². The fraction of sp³-hybridized carbons (Fsp3) is 0.467. The SMILES string of the molecule is NC(=O)OCCNC(=O)C1(c2cccc(F)c2)CCCC1. The maximum Gasteiger partial charge on any atom is 0.404 e. The van der Waals surface area contributed by atoms with Crippen LogP contribution in [0, 0.1) is 5.82 Å². The van der Waals surface area contributed by atoms with Crippen molar-refractivity contribution in [3.63, 3.8) is 0 Å². The lowest BCUT2D eigenvalue weighted by Gasteiger charge is -2.28. The minimum absolute atomic E-state index is 0.0281. The fourth-order valence-electron chi connectivity index (χ4n) is 2.90. The number of primary amides is 1. The molecule has 1 fully saturated rings. The number of hydrogen-bond acceptors (Lipinski definition) is 3. The van der Waals surface area contributed by atoms with Crippen LogP contribution in [-0.4, -0.2) is 25.2 Å². The summed E-state index contributed by atoms with van der Waals surface area (Å²) < 4.78 is 18.0. The van der Waals surface area contributed by atoms with Gasteiger partial charge >= 0.3 is 6.09 Å². The Bertz CT molecular complexity index is 527. The maximum atomic E-state index is 13.4. The topological polar surface area (TPSA) is 81.4 Å². The highest BCUT2D eigenvalue weighted by atomic mass is 19.1. The van der Waals surface area contributed by atoms with Crippen molar-refractivity contribution in [3.8, 4) is 0 Å². The van der Waals surface area contributed by atoms with E-state index in [1.54, 1.807) is 12.1 Å². The number of amides is 2. The third-order valence-electron chi connectivity index (χ3n) is 3.90. The van der Waals surface area contributed by atoms with Gasteiger partial charge in [0.2, 0.25) is 5.91 Å². The van der Waals surface area contributed by atoms with Crippen LogP contribution in [0.25, 0.3) is 0 Å². The highest BCUT2D eigenvalue weighted by Crippen LogP contribution is 2.41. The first-order chi connectivity index (χ1) is 10.0. The molecule has 1 aliphatic carbocycles. The molecule has 0 radical (unpaired) electrons. The summed E-state index contributed by atoms with van der Waals surface area (Å²) in [4.78, 5) is 23.0. The summed E-state index contributed by atoms with van der Waals surface area (Å²) in [5, 5.41) is 2.74. The molecule has 114 valence electrons. The monoisotopic (exact) mass is 294 g/mol. The standard InChI is InChI=1S/C15H19FN2O3/c16-12-5-3-4-11(10-12)15(6-1-2-7-15)13(19)18-8-9-21-14(17)20/h3-5,10H,1-2,6-9H2,(H2,17,20)(H,18,19). The number of carbonyl (C=O) groups is 2. The molecule has 2 rings (SSSR count). The quantitative estimate of drug-likeness (QED) is 0.813. The molecule has 0 unspecified atom stereocenters. The van der Waals surface area contributed by atoms with Crippen molar-refractivity contribution < 1.29 is 18.7 Å². The molecule has 21 heavy (non-hydrogen) atoms. The Morgan fingerprint density at radius 2 is 2.05 bits per heavy atom. The molecule has 0 spiro atoms. The van der Waals surface area contributed by atoms with Gasteiger partial charge in [-0.25, -0.2) is 9.18 Å². The van der Waals surface area contributed by atoms with Crippen LogP contribution >= 0.6 is 0 Å². The molecule has 0 aromatic heterocycles. The highest BCUT2D eigenvalue weighted by molar-refractivity contribution is 5.88. The maximum absolute atomic E-state index is 13.4. The van der Waals surface area contributed by atoms with E-state index >= 15 is 0 Å². The lowest BCUT2D eigenvalue weighted by atomic mass is 9.78. The summed E-state index contributed by atoms with van der Waals surface area (Å²) in [6.45, 7) is 0.221. The van der Waals surface area contributed by atoms with Crippen LogP contribution in [0.2, 0.25) is 0 Å². The summed E-state index contributed by atoms with van der Waals surface area (Å²) in [7, 11) is 0. The Balaban J connectivity index is 2.07. The second kappa shape index (κ2) is 6.56. The van der Waals surface area contributed by atoms with Crippen molar-refractivity contribution in [1.82, 2.24) is 5.32 Å². The predicted octanol–water partition coefficient (Wildman–Crippen LogP) is 1.85. The van der Waals surface area contributed by atoms with Gasteiger partial charge in [-0.3, -0.25) is 4.79 Å². The predicted molar refractivity (Wildman–Crippen MR) is 75.1 cm³/mol. The van der Waals surface area contributed by atoms with E-state index in [1.807, 2.05) is 0 Å². The lowest BCUT2D eigenvalue weighted by Crippen LogP contribution is -2.44. The van der Waals surface area contributed by atoms with Crippen LogP contribution < -0.4 is 11.1 Å². The third-order valence-corrected chi connectivity index (χ3v) is 3.90. The lowest BCUT2D eigenvalue weighted by molar-refractivity contribution is -0.126. The molecule has 6 heteroatoms. The van der Waals surface area contributed by atoms with Crippen LogP contribution in [0.5, 0.6) is 0 Å². The van der Waals surface area contributed by atoms with Crippen LogP contribution in [0.4, 0.5) is 9.18 Å². The summed E-state index contributed by atoms with van der Waals surface area (Å²) in [5.41, 5.74) is 4.87. The van der Waals surface area contributed by atoms with E-state index in [0.717, 1.165) is 12.8 Å². The number of ether oxygens (including phenoxy) is 1. The van der Waals surface area contributed by atoms with Crippen molar-refractivity contribution in [2.24, 2.45) is 5.73 Å². The number of hydrogen-bond donors (Lipinski definition) is 2. The second-order valence-electron chi connectivity index (χ2n) is 5.22. The van der Waals surface area contributed by atoms with Gasteiger partial charge in [-0.1, -0.05) is 25.0 Å². The first kappa shape index (κ1) is 15.3. The van der Waals surface area contributed by atoms with Crippen LogP contribution in [0.3, 0.4) is 0 Å². The smallest absolute Gasteiger partial charge is 0.404 e. The van der Waals surface area contributed by atoms with Gasteiger partial charge in [-0.2, -0.15) is 0 Å². The number of nitrogens with one attached hydrogen (secondary N) is 1. The molecule has 1 aromatic carbocycles. The number of halogens is 1. The van der Waals surface area contributed by atoms with Gasteiger partial charge < -0.3 is 15.8 Å². The summed E-state index contributed by atoms with van der Waals surface area (Å²) in [6, 6.07) is 6.19. The molecule has 2 amide bonds. The Morgan fingerprint density at radius 1 is 1.33 bits per heavy atom. The van der Waals surface area contributed by atoms with E-state index in [4.69, 9.17) is 5.73 Å². The van der Waals surface area contributed by atoms with E-state index < -0.39 is 11.5 Å². The third kappa shape index (κ3) is 3.51. The molecular formula is C15H19FN2O3. The zero-order valence-electron chi connectivity index (χ0n) is 11.7. The van der Waals surface area contributed by atoms with Gasteiger partial charge in [-0.15, -0.1) is 0 Å². The molecular weight excluding hydrogens is 275 g/mol. The van der Waals surface area contributed by atoms with Crippen molar-refractivity contribution in [3.05, 3.63) is 35.6 Å². The molecule has 0 aliphatic heterocycles. The minimum Gasteiger partial charge on any atom is -0.448 e. The van der Waals surface area contributed by atoms with Crippen molar-refractivity contribution >= 4 is 12.0 Å². The first-order valence-electron chi connectivity index (χ1n) is 7.01. The van der Waals surface area contributed by atoms with E-state index in [0.29, 0.717) is 18.4 Å². The molecule has 0 bridgehead atoms. The van der Waals surface area contributed by atoms with E-state index in [2.05, 4.69) is 10.1 Å². The summed E-state index contributed by atoms with van der Waals surface area (Å²) in [5.74, 6) is -0.498. The largest absolute Gasteiger partial charge is 0.448 e. The van der Waals surface area contributed by atoms with Crippen molar-refractivity contribution in [2.45, 2.75) is 31.1 Å². The summed E-state index contributed by atoms with van der Waals surface area (Å²) in [6.07, 6.45) is 2.38. The first-order valence-corrected chi connectivity index (χ1v) is 7.01. The van der Waals surface area contributed by atoms with Crippen LogP contribution in [0.15, 0.2) is 24.3 Å². The fourth-order valence-corrected chi connectivity index (χ4v) is 2.90. The van der Waals surface area contributed by atoms with E-state index in [9.17, 15) is 14.0 Å². The van der Waals surface area contributed by atoms with Gasteiger partial charge in [0.1, 0.15) is 12.4 Å². The summed E-state index contributed by atoms with van der Waals surface area (Å²) >= 11 is 0. The normalized spacial score (nSPS) is 16.4. The molecule has 1 aliphatic rings. The van der Waals surface area contributed by atoms with Crippen LogP contribution in [0.1, 0.15) is 31.2 Å². The van der Waals surface area contributed by atoms with Crippen molar-refractivity contribution in [2.75, 3.05) is 13.2 Å². The molecule has 1 aromatic rings. The zero-order valence-corrected chi connectivity index (χ0v) is 11.7. The molecule has 0 heterocycles. The van der Waals surface area contributed by atoms with E-state index in [-0.39, 0.29) is 24.9 Å². The Kier molecular flexibility index (Phi) is 4.77. The second-order valence-corrected chi connectivity index (χ2v) is 5.22. The van der Waals surface area contributed by atoms with Crippen molar-refractivity contribution in [1.29, 1.82) is 0 Å². The van der Waals surface area contributed by atoms with Crippen LogP contribution in [-0.2, 0) is 14.9 Å². The molecule has 1 saturated carbocycles. The van der Waals surface area contributed by atoms with Gasteiger partial charge in [0.25, 0.3) is 0 Å². The van der Waals surface area contributed by atoms with Gasteiger partial charge in [0.15, 0.2) is 0 Å². The number of rotatable bonds is 5. The Hall–Kier alpha value is -2.11. The minimum atomic E-state index is -0.870. The highest BCUT2D eigenvalue weighted by Gasteiger charge is 2.42. The number of nitrogens with two attached hydrogens (primary N) is 1. The molecule has 3 N–H and O–H groups in total.